The Morgan fingerprint density at radius 1 is 1.57 bits per heavy atom. The molecule has 0 spiro atoms. The summed E-state index contributed by atoms with van der Waals surface area (Å²) in [6.45, 7) is 1.84. The van der Waals surface area contributed by atoms with E-state index in [1.807, 2.05) is 6.92 Å². The van der Waals surface area contributed by atoms with E-state index in [1.165, 1.54) is 12.3 Å². The summed E-state index contributed by atoms with van der Waals surface area (Å²) in [6, 6.07) is 1.34. The first-order valence-electron chi connectivity index (χ1n) is 4.14. The molecule has 0 radical (unpaired) electrons. The number of hydrogen-bond donors (Lipinski definition) is 3. The van der Waals surface area contributed by atoms with Crippen molar-refractivity contribution in [3.05, 3.63) is 23.5 Å². The molecular formula is C8H10BNO4. The molecule has 0 aliphatic heterocycles. The van der Waals surface area contributed by atoms with Crippen molar-refractivity contribution in [2.24, 2.45) is 0 Å². The quantitative estimate of drug-likeness (QED) is 0.539. The first-order valence-corrected chi connectivity index (χ1v) is 4.14. The van der Waals surface area contributed by atoms with E-state index < -0.39 is 13.1 Å². The topological polar surface area (TPSA) is 90.7 Å². The maximum atomic E-state index is 10.7. The van der Waals surface area contributed by atoms with E-state index in [0.717, 1.165) is 0 Å². The Morgan fingerprint density at radius 2 is 2.21 bits per heavy atom. The van der Waals surface area contributed by atoms with Crippen molar-refractivity contribution in [1.29, 1.82) is 0 Å². The molecule has 1 aromatic heterocycles. The van der Waals surface area contributed by atoms with Crippen LogP contribution in [0.15, 0.2) is 12.3 Å². The molecular weight excluding hydrogens is 185 g/mol. The lowest BCUT2D eigenvalue weighted by molar-refractivity contribution is 0.0697. The van der Waals surface area contributed by atoms with Crippen molar-refractivity contribution >= 4 is 18.6 Å². The van der Waals surface area contributed by atoms with Gasteiger partial charge >= 0.3 is 13.1 Å². The highest BCUT2D eigenvalue weighted by atomic mass is 16.4. The standard InChI is InChI=1S/C8H10BNO4/c1-2-5-3-6(8(11)12)7(4-10-5)9(13)14/h3-4,13-14H,2H2,1H3,(H,11,12). The van der Waals surface area contributed by atoms with Crippen molar-refractivity contribution < 1.29 is 19.9 Å². The summed E-state index contributed by atoms with van der Waals surface area (Å²) in [7, 11) is -1.81. The van der Waals surface area contributed by atoms with Crippen LogP contribution in [0.25, 0.3) is 0 Å². The number of aryl methyl sites for hydroxylation is 1. The highest BCUT2D eigenvalue weighted by Crippen LogP contribution is 2.01. The minimum atomic E-state index is -1.81. The number of carboxylic acids is 1. The van der Waals surface area contributed by atoms with Crippen molar-refractivity contribution in [3.63, 3.8) is 0 Å². The van der Waals surface area contributed by atoms with Crippen molar-refractivity contribution in [2.45, 2.75) is 13.3 Å². The molecule has 0 amide bonds. The van der Waals surface area contributed by atoms with Crippen LogP contribution in [0.2, 0.25) is 0 Å². The fourth-order valence-electron chi connectivity index (χ4n) is 1.09. The van der Waals surface area contributed by atoms with E-state index in [2.05, 4.69) is 4.98 Å². The van der Waals surface area contributed by atoms with Crippen molar-refractivity contribution in [2.75, 3.05) is 0 Å². The van der Waals surface area contributed by atoms with Crippen LogP contribution in [-0.2, 0) is 6.42 Å². The van der Waals surface area contributed by atoms with Crippen molar-refractivity contribution in [3.8, 4) is 0 Å². The van der Waals surface area contributed by atoms with E-state index in [1.54, 1.807) is 0 Å². The highest BCUT2D eigenvalue weighted by molar-refractivity contribution is 6.60. The van der Waals surface area contributed by atoms with Gasteiger partial charge in [-0.05, 0) is 12.5 Å². The number of hydrogen-bond acceptors (Lipinski definition) is 4. The van der Waals surface area contributed by atoms with Crippen LogP contribution in [0, 0.1) is 0 Å². The maximum absolute atomic E-state index is 10.7. The normalized spacial score (nSPS) is 9.93. The third-order valence-corrected chi connectivity index (χ3v) is 1.86. The minimum absolute atomic E-state index is 0.0882. The summed E-state index contributed by atoms with van der Waals surface area (Å²) in [4.78, 5) is 14.6. The smallest absolute Gasteiger partial charge is 0.478 e. The number of rotatable bonds is 3. The van der Waals surface area contributed by atoms with E-state index in [9.17, 15) is 4.79 Å². The Labute approximate surface area is 81.2 Å². The van der Waals surface area contributed by atoms with Crippen LogP contribution < -0.4 is 5.46 Å². The number of pyridine rings is 1. The molecule has 0 saturated carbocycles. The zero-order valence-electron chi connectivity index (χ0n) is 7.64. The second kappa shape index (κ2) is 4.21. The number of nitrogens with zero attached hydrogens (tertiary/aromatic N) is 1. The summed E-state index contributed by atoms with van der Waals surface area (Å²) in [5, 5.41) is 26.5. The van der Waals surface area contributed by atoms with E-state index >= 15 is 0 Å². The van der Waals surface area contributed by atoms with Crippen LogP contribution in [0.1, 0.15) is 23.0 Å². The average Bonchev–Trinajstić information content (AvgIpc) is 2.16. The van der Waals surface area contributed by atoms with Gasteiger partial charge in [0.1, 0.15) is 0 Å². The fraction of sp³-hybridized carbons (Fsp3) is 0.250. The first kappa shape index (κ1) is 10.7. The van der Waals surface area contributed by atoms with E-state index in [0.29, 0.717) is 12.1 Å². The number of aromatic nitrogens is 1. The monoisotopic (exact) mass is 195 g/mol. The van der Waals surface area contributed by atoms with E-state index in [-0.39, 0.29) is 11.0 Å². The Morgan fingerprint density at radius 3 is 2.64 bits per heavy atom. The summed E-state index contributed by atoms with van der Waals surface area (Å²) >= 11 is 0. The van der Waals surface area contributed by atoms with Crippen LogP contribution in [-0.4, -0.2) is 33.2 Å². The Hall–Kier alpha value is -1.40. The van der Waals surface area contributed by atoms with Gasteiger partial charge in [-0.1, -0.05) is 6.92 Å². The molecule has 0 aliphatic carbocycles. The van der Waals surface area contributed by atoms with Gasteiger partial charge < -0.3 is 15.2 Å². The molecule has 0 atom stereocenters. The molecule has 1 aromatic rings. The predicted molar refractivity (Wildman–Crippen MR) is 50.4 cm³/mol. The van der Waals surface area contributed by atoms with Crippen LogP contribution in [0.3, 0.4) is 0 Å². The van der Waals surface area contributed by atoms with Gasteiger partial charge in [0.25, 0.3) is 0 Å². The summed E-state index contributed by atoms with van der Waals surface area (Å²) in [5.74, 6) is -1.19. The molecule has 3 N–H and O–H groups in total. The maximum Gasteiger partial charge on any atom is 0.490 e. The summed E-state index contributed by atoms with van der Waals surface area (Å²) in [5.41, 5.74) is 0.397. The highest BCUT2D eigenvalue weighted by Gasteiger charge is 2.20. The fourth-order valence-corrected chi connectivity index (χ4v) is 1.09. The van der Waals surface area contributed by atoms with Gasteiger partial charge in [-0.3, -0.25) is 4.98 Å². The van der Waals surface area contributed by atoms with Crippen molar-refractivity contribution in [1.82, 2.24) is 4.98 Å². The van der Waals surface area contributed by atoms with Gasteiger partial charge in [0.15, 0.2) is 0 Å². The van der Waals surface area contributed by atoms with Gasteiger partial charge in [-0.15, -0.1) is 0 Å². The van der Waals surface area contributed by atoms with Gasteiger partial charge in [-0.2, -0.15) is 0 Å². The van der Waals surface area contributed by atoms with Gasteiger partial charge in [0.2, 0.25) is 0 Å². The summed E-state index contributed by atoms with van der Waals surface area (Å²) < 4.78 is 0. The number of carboxylic acid groups (broad SMARTS) is 1. The van der Waals surface area contributed by atoms with Gasteiger partial charge in [0, 0.05) is 17.4 Å². The minimum Gasteiger partial charge on any atom is -0.478 e. The Kier molecular flexibility index (Phi) is 3.21. The molecule has 1 rings (SSSR count). The number of carbonyl (C=O) groups is 1. The third kappa shape index (κ3) is 2.10. The molecule has 0 aromatic carbocycles. The second-order valence-corrected chi connectivity index (χ2v) is 2.80. The van der Waals surface area contributed by atoms with Gasteiger partial charge in [0.05, 0.1) is 5.56 Å². The summed E-state index contributed by atoms with van der Waals surface area (Å²) in [6.07, 6.45) is 1.77. The lowest BCUT2D eigenvalue weighted by Crippen LogP contribution is -2.35. The SMILES string of the molecule is CCc1cc(C(=O)O)c(B(O)O)cn1. The zero-order valence-corrected chi connectivity index (χ0v) is 7.64. The molecule has 5 nitrogen and oxygen atoms in total. The Bertz CT molecular complexity index is 353. The van der Waals surface area contributed by atoms with Crippen LogP contribution in [0.4, 0.5) is 0 Å². The van der Waals surface area contributed by atoms with Crippen LogP contribution >= 0.6 is 0 Å². The lowest BCUT2D eigenvalue weighted by Gasteiger charge is -2.05. The molecule has 0 bridgehead atoms. The molecule has 0 unspecified atom stereocenters. The predicted octanol–water partition coefficient (Wildman–Crippen LogP) is -0.978. The molecule has 6 heteroatoms. The average molecular weight is 195 g/mol. The molecule has 14 heavy (non-hydrogen) atoms. The zero-order chi connectivity index (χ0) is 10.7. The largest absolute Gasteiger partial charge is 0.490 e. The molecule has 0 saturated heterocycles. The Balaban J connectivity index is 3.24. The molecule has 1 heterocycles. The molecule has 0 fully saturated rings. The van der Waals surface area contributed by atoms with Crippen LogP contribution in [0.5, 0.6) is 0 Å². The van der Waals surface area contributed by atoms with E-state index in [4.69, 9.17) is 15.2 Å². The second-order valence-electron chi connectivity index (χ2n) is 2.80. The number of aromatic carboxylic acids is 1. The third-order valence-electron chi connectivity index (χ3n) is 1.86. The molecule has 74 valence electrons. The molecule has 0 aliphatic rings. The first-order chi connectivity index (χ1) is 6.56. The lowest BCUT2D eigenvalue weighted by atomic mass is 9.78. The van der Waals surface area contributed by atoms with Gasteiger partial charge in [-0.25, -0.2) is 4.79 Å².